The van der Waals surface area contributed by atoms with Crippen LogP contribution in [-0.2, 0) is 16.6 Å². The number of rotatable bonds is 5. The van der Waals surface area contributed by atoms with E-state index in [4.69, 9.17) is 5.73 Å². The maximum absolute atomic E-state index is 13.9. The fourth-order valence-electron chi connectivity index (χ4n) is 2.19. The first-order chi connectivity index (χ1) is 8.95. The minimum absolute atomic E-state index is 0.190. The monoisotopic (exact) mass is 286 g/mol. The molecule has 106 valence electrons. The number of sulfonamides is 1. The molecule has 1 fully saturated rings. The molecule has 4 nitrogen and oxygen atoms in total. The summed E-state index contributed by atoms with van der Waals surface area (Å²) in [5, 5.41) is 0. The van der Waals surface area contributed by atoms with Crippen molar-refractivity contribution in [1.82, 2.24) is 4.31 Å². The van der Waals surface area contributed by atoms with E-state index in [0.717, 1.165) is 19.3 Å². The Hall–Kier alpha value is -0.980. The summed E-state index contributed by atoms with van der Waals surface area (Å²) in [7, 11) is -2.24. The molecule has 0 saturated heterocycles. The van der Waals surface area contributed by atoms with Crippen LogP contribution in [0.3, 0.4) is 0 Å². The number of halogens is 1. The van der Waals surface area contributed by atoms with E-state index >= 15 is 0 Å². The van der Waals surface area contributed by atoms with Crippen molar-refractivity contribution in [3.8, 4) is 0 Å². The second kappa shape index (κ2) is 5.56. The van der Waals surface area contributed by atoms with Crippen molar-refractivity contribution in [3.63, 3.8) is 0 Å². The third kappa shape index (κ3) is 2.96. The van der Waals surface area contributed by atoms with Gasteiger partial charge >= 0.3 is 0 Å². The molecular formula is C13H19FN2O2S. The van der Waals surface area contributed by atoms with Gasteiger partial charge in [0.2, 0.25) is 10.0 Å². The first-order valence-electron chi connectivity index (χ1n) is 6.40. The lowest BCUT2D eigenvalue weighted by Crippen LogP contribution is -2.34. The Bertz CT molecular complexity index is 556. The predicted octanol–water partition coefficient (Wildman–Crippen LogP) is 1.71. The van der Waals surface area contributed by atoms with Gasteiger partial charge in [0.25, 0.3) is 0 Å². The van der Waals surface area contributed by atoms with Gasteiger partial charge in [-0.2, -0.15) is 0 Å². The fourth-order valence-corrected chi connectivity index (χ4v) is 3.47. The van der Waals surface area contributed by atoms with Gasteiger partial charge in [-0.1, -0.05) is 12.5 Å². The van der Waals surface area contributed by atoms with Gasteiger partial charge in [-0.25, -0.2) is 17.1 Å². The van der Waals surface area contributed by atoms with Crippen molar-refractivity contribution >= 4 is 10.0 Å². The zero-order valence-electron chi connectivity index (χ0n) is 11.0. The molecule has 0 atom stereocenters. The van der Waals surface area contributed by atoms with Crippen LogP contribution in [0.15, 0.2) is 23.1 Å². The van der Waals surface area contributed by atoms with Crippen molar-refractivity contribution in [3.05, 3.63) is 29.6 Å². The van der Waals surface area contributed by atoms with Gasteiger partial charge in [0.15, 0.2) is 0 Å². The SMILES string of the molecule is CN(CC1CCC1)S(=O)(=O)c1ccc(CN)cc1F. The number of hydrogen-bond donors (Lipinski definition) is 1. The molecule has 1 aliphatic carbocycles. The van der Waals surface area contributed by atoms with Crippen molar-refractivity contribution in [1.29, 1.82) is 0 Å². The molecule has 1 aliphatic rings. The normalized spacial score (nSPS) is 16.6. The summed E-state index contributed by atoms with van der Waals surface area (Å²) in [4.78, 5) is -0.272. The molecule has 0 bridgehead atoms. The number of nitrogens with two attached hydrogens (primary N) is 1. The van der Waals surface area contributed by atoms with Crippen molar-refractivity contribution in [2.24, 2.45) is 11.7 Å². The fraction of sp³-hybridized carbons (Fsp3) is 0.538. The first kappa shape index (κ1) is 14.4. The molecule has 1 aromatic rings. The summed E-state index contributed by atoms with van der Waals surface area (Å²) in [6.07, 6.45) is 3.25. The third-order valence-corrected chi connectivity index (χ3v) is 5.52. The van der Waals surface area contributed by atoms with Crippen LogP contribution in [-0.4, -0.2) is 26.3 Å². The lowest BCUT2D eigenvalue weighted by molar-refractivity contribution is 0.262. The van der Waals surface area contributed by atoms with E-state index in [1.165, 1.54) is 23.5 Å². The van der Waals surface area contributed by atoms with Crippen LogP contribution < -0.4 is 5.73 Å². The van der Waals surface area contributed by atoms with E-state index in [9.17, 15) is 12.8 Å². The quantitative estimate of drug-likeness (QED) is 0.896. The van der Waals surface area contributed by atoms with Gasteiger partial charge in [-0.05, 0) is 36.5 Å². The Balaban J connectivity index is 2.22. The molecule has 0 unspecified atom stereocenters. The second-order valence-corrected chi connectivity index (χ2v) is 7.06. The lowest BCUT2D eigenvalue weighted by Gasteiger charge is -2.29. The summed E-state index contributed by atoms with van der Waals surface area (Å²) in [5.41, 5.74) is 5.98. The van der Waals surface area contributed by atoms with Crippen molar-refractivity contribution < 1.29 is 12.8 Å². The average molecular weight is 286 g/mol. The Labute approximate surface area is 113 Å². The first-order valence-corrected chi connectivity index (χ1v) is 7.84. The highest BCUT2D eigenvalue weighted by molar-refractivity contribution is 7.89. The second-order valence-electron chi connectivity index (χ2n) is 5.05. The average Bonchev–Trinajstić information content (AvgIpc) is 2.32. The maximum Gasteiger partial charge on any atom is 0.245 e. The van der Waals surface area contributed by atoms with Crippen LogP contribution in [0, 0.1) is 11.7 Å². The molecule has 0 heterocycles. The Morgan fingerprint density at radius 2 is 2.11 bits per heavy atom. The third-order valence-electron chi connectivity index (χ3n) is 3.66. The molecule has 0 spiro atoms. The molecule has 0 aliphatic heterocycles. The van der Waals surface area contributed by atoms with Crippen LogP contribution in [0.2, 0.25) is 0 Å². The highest BCUT2D eigenvalue weighted by Crippen LogP contribution is 2.29. The van der Waals surface area contributed by atoms with Crippen LogP contribution in [0.4, 0.5) is 4.39 Å². The predicted molar refractivity (Wildman–Crippen MR) is 71.4 cm³/mol. The topological polar surface area (TPSA) is 63.4 Å². The van der Waals surface area contributed by atoms with E-state index in [2.05, 4.69) is 0 Å². The number of nitrogens with zero attached hydrogens (tertiary/aromatic N) is 1. The van der Waals surface area contributed by atoms with Gasteiger partial charge in [-0.15, -0.1) is 0 Å². The largest absolute Gasteiger partial charge is 0.326 e. The summed E-state index contributed by atoms with van der Waals surface area (Å²) < 4.78 is 39.7. The Kier molecular flexibility index (Phi) is 4.23. The van der Waals surface area contributed by atoms with E-state index in [1.807, 2.05) is 0 Å². The van der Waals surface area contributed by atoms with Gasteiger partial charge < -0.3 is 5.73 Å². The zero-order chi connectivity index (χ0) is 14.0. The van der Waals surface area contributed by atoms with Gasteiger partial charge in [0, 0.05) is 20.1 Å². The molecule has 0 aromatic heterocycles. The zero-order valence-corrected chi connectivity index (χ0v) is 11.8. The Morgan fingerprint density at radius 1 is 1.42 bits per heavy atom. The Morgan fingerprint density at radius 3 is 2.58 bits per heavy atom. The molecular weight excluding hydrogens is 267 g/mol. The number of hydrogen-bond acceptors (Lipinski definition) is 3. The number of benzene rings is 1. The molecule has 0 radical (unpaired) electrons. The summed E-state index contributed by atoms with van der Waals surface area (Å²) in [6, 6.07) is 4.03. The van der Waals surface area contributed by atoms with Gasteiger partial charge in [-0.3, -0.25) is 0 Å². The summed E-state index contributed by atoms with van der Waals surface area (Å²) >= 11 is 0. The van der Waals surface area contributed by atoms with E-state index in [0.29, 0.717) is 18.0 Å². The van der Waals surface area contributed by atoms with Crippen LogP contribution in [0.25, 0.3) is 0 Å². The maximum atomic E-state index is 13.9. The lowest BCUT2D eigenvalue weighted by atomic mass is 9.86. The van der Waals surface area contributed by atoms with Crippen molar-refractivity contribution in [2.45, 2.75) is 30.7 Å². The van der Waals surface area contributed by atoms with E-state index in [1.54, 1.807) is 6.07 Å². The minimum atomic E-state index is -3.75. The molecule has 6 heteroatoms. The highest BCUT2D eigenvalue weighted by Gasteiger charge is 2.28. The molecule has 0 amide bonds. The van der Waals surface area contributed by atoms with Crippen molar-refractivity contribution in [2.75, 3.05) is 13.6 Å². The van der Waals surface area contributed by atoms with Crippen LogP contribution in [0.5, 0.6) is 0 Å². The van der Waals surface area contributed by atoms with Gasteiger partial charge in [0.05, 0.1) is 0 Å². The van der Waals surface area contributed by atoms with E-state index < -0.39 is 15.8 Å². The summed E-state index contributed by atoms with van der Waals surface area (Å²) in [6.45, 7) is 0.648. The smallest absolute Gasteiger partial charge is 0.245 e. The van der Waals surface area contributed by atoms with Crippen LogP contribution >= 0.6 is 0 Å². The van der Waals surface area contributed by atoms with Crippen LogP contribution in [0.1, 0.15) is 24.8 Å². The molecule has 2 N–H and O–H groups in total. The molecule has 2 rings (SSSR count). The summed E-state index contributed by atoms with van der Waals surface area (Å²) in [5.74, 6) is -0.324. The minimum Gasteiger partial charge on any atom is -0.326 e. The van der Waals surface area contributed by atoms with E-state index in [-0.39, 0.29) is 11.4 Å². The van der Waals surface area contributed by atoms with Gasteiger partial charge in [0.1, 0.15) is 10.7 Å². The molecule has 1 aromatic carbocycles. The molecule has 1 saturated carbocycles. The standard InChI is InChI=1S/C13H19FN2O2S/c1-16(9-10-3-2-4-10)19(17,18)13-6-5-11(8-15)7-12(13)14/h5-7,10H,2-4,8-9,15H2,1H3. The highest BCUT2D eigenvalue weighted by atomic mass is 32.2. The molecule has 19 heavy (non-hydrogen) atoms.